The minimum atomic E-state index is 1.06. The van der Waals surface area contributed by atoms with Crippen LogP contribution < -0.4 is 10.2 Å². The molecule has 2 aromatic carbocycles. The molecule has 0 aliphatic carbocycles. The van der Waals surface area contributed by atoms with E-state index in [-0.39, 0.29) is 0 Å². The Labute approximate surface area is 127 Å². The zero-order valence-electron chi connectivity index (χ0n) is 12.8. The quantitative estimate of drug-likeness (QED) is 0.828. The maximum atomic E-state index is 3.53. The van der Waals surface area contributed by atoms with Gasteiger partial charge >= 0.3 is 0 Å². The summed E-state index contributed by atoms with van der Waals surface area (Å²) in [7, 11) is 4.27. The second-order valence-electron chi connectivity index (χ2n) is 5.82. The average Bonchev–Trinajstić information content (AvgIpc) is 2.50. The zero-order chi connectivity index (χ0) is 14.7. The van der Waals surface area contributed by atoms with Crippen LogP contribution >= 0.6 is 0 Å². The molecule has 0 saturated carbocycles. The normalized spacial score (nSPS) is 12.8. The Kier molecular flexibility index (Phi) is 4.11. The number of hydrogen-bond donors (Lipinski definition) is 1. The van der Waals surface area contributed by atoms with Crippen molar-refractivity contribution < 1.29 is 0 Å². The summed E-state index contributed by atoms with van der Waals surface area (Å²) < 4.78 is 0. The summed E-state index contributed by atoms with van der Waals surface area (Å²) in [5.41, 5.74) is 4.95. The van der Waals surface area contributed by atoms with Crippen molar-refractivity contribution in [2.75, 3.05) is 37.4 Å². The Morgan fingerprint density at radius 1 is 0.857 bits per heavy atom. The van der Waals surface area contributed by atoms with Crippen molar-refractivity contribution in [2.45, 2.75) is 12.8 Å². The summed E-state index contributed by atoms with van der Waals surface area (Å²) in [5.74, 6) is 0. The summed E-state index contributed by atoms with van der Waals surface area (Å²) in [6.45, 7) is 2.21. The van der Waals surface area contributed by atoms with E-state index in [1.807, 2.05) is 0 Å². The third-order valence-electron chi connectivity index (χ3n) is 3.90. The number of anilines is 4. The predicted octanol–water partition coefficient (Wildman–Crippen LogP) is 4.22. The van der Waals surface area contributed by atoms with E-state index in [0.29, 0.717) is 0 Å². The molecular formula is C18H23N3. The summed E-state index contributed by atoms with van der Waals surface area (Å²) >= 11 is 0. The van der Waals surface area contributed by atoms with Gasteiger partial charge in [-0.05, 0) is 57.7 Å². The molecule has 0 atom stereocenters. The molecule has 0 amide bonds. The van der Waals surface area contributed by atoms with Crippen molar-refractivity contribution >= 4 is 22.7 Å². The van der Waals surface area contributed by atoms with Crippen LogP contribution in [0.3, 0.4) is 0 Å². The highest BCUT2D eigenvalue weighted by Gasteiger charge is 2.20. The van der Waals surface area contributed by atoms with E-state index >= 15 is 0 Å². The van der Waals surface area contributed by atoms with Crippen molar-refractivity contribution in [1.29, 1.82) is 0 Å². The van der Waals surface area contributed by atoms with E-state index in [1.165, 1.54) is 35.6 Å². The van der Waals surface area contributed by atoms with E-state index < -0.39 is 0 Å². The molecule has 1 N–H and O–H groups in total. The Morgan fingerprint density at radius 3 is 2.00 bits per heavy atom. The minimum absolute atomic E-state index is 1.06. The summed E-state index contributed by atoms with van der Waals surface area (Å²) in [4.78, 5) is 4.69. The van der Waals surface area contributed by atoms with Crippen molar-refractivity contribution in [3.05, 3.63) is 48.5 Å². The molecule has 1 heterocycles. The first-order valence-electron chi connectivity index (χ1n) is 7.63. The van der Waals surface area contributed by atoms with Crippen molar-refractivity contribution in [3.63, 3.8) is 0 Å². The molecule has 1 aliphatic heterocycles. The lowest BCUT2D eigenvalue weighted by atomic mass is 10.1. The van der Waals surface area contributed by atoms with E-state index in [9.17, 15) is 0 Å². The molecule has 0 spiro atoms. The van der Waals surface area contributed by atoms with Crippen LogP contribution in [0.5, 0.6) is 0 Å². The van der Waals surface area contributed by atoms with Crippen LogP contribution in [0.15, 0.2) is 48.5 Å². The van der Waals surface area contributed by atoms with Crippen LogP contribution in [0.1, 0.15) is 12.8 Å². The number of rotatable bonds is 5. The van der Waals surface area contributed by atoms with E-state index in [2.05, 4.69) is 77.7 Å². The highest BCUT2D eigenvalue weighted by atomic mass is 15.2. The van der Waals surface area contributed by atoms with Gasteiger partial charge in [-0.3, -0.25) is 0 Å². The van der Waals surface area contributed by atoms with Gasteiger partial charge < -0.3 is 15.1 Å². The third-order valence-corrected chi connectivity index (χ3v) is 3.90. The van der Waals surface area contributed by atoms with Crippen LogP contribution in [0.4, 0.5) is 22.7 Å². The molecule has 0 radical (unpaired) electrons. The van der Waals surface area contributed by atoms with Crippen LogP contribution in [-0.2, 0) is 0 Å². The second kappa shape index (κ2) is 6.19. The fraction of sp³-hybridized carbons (Fsp3) is 0.333. The predicted molar refractivity (Wildman–Crippen MR) is 91.0 cm³/mol. The standard InChI is InChI=1S/C18H23N3/c1-20(2)13-7-8-14-21-17-11-5-3-9-15(17)19-16-10-4-6-12-18(16)21/h3-6,9-12,19H,7-8,13-14H2,1-2H3. The smallest absolute Gasteiger partial charge is 0.0650 e. The molecule has 110 valence electrons. The van der Waals surface area contributed by atoms with E-state index in [4.69, 9.17) is 0 Å². The lowest BCUT2D eigenvalue weighted by Crippen LogP contribution is -2.24. The zero-order valence-corrected chi connectivity index (χ0v) is 12.8. The second-order valence-corrected chi connectivity index (χ2v) is 5.82. The Hall–Kier alpha value is -2.00. The Balaban J connectivity index is 1.81. The number of nitrogens with one attached hydrogen (secondary N) is 1. The van der Waals surface area contributed by atoms with Gasteiger partial charge in [-0.1, -0.05) is 24.3 Å². The SMILES string of the molecule is CN(C)CCCCN1c2ccccc2Nc2ccccc21. The number of benzene rings is 2. The van der Waals surface area contributed by atoms with Gasteiger partial charge in [-0.2, -0.15) is 0 Å². The van der Waals surface area contributed by atoms with Crippen LogP contribution in [0.2, 0.25) is 0 Å². The third kappa shape index (κ3) is 3.03. The van der Waals surface area contributed by atoms with Gasteiger partial charge in [0.1, 0.15) is 0 Å². The number of fused-ring (bicyclic) bond motifs is 2. The van der Waals surface area contributed by atoms with Gasteiger partial charge in [-0.15, -0.1) is 0 Å². The highest BCUT2D eigenvalue weighted by molar-refractivity contribution is 5.91. The first-order valence-corrected chi connectivity index (χ1v) is 7.63. The number of hydrogen-bond acceptors (Lipinski definition) is 3. The Morgan fingerprint density at radius 2 is 1.43 bits per heavy atom. The first-order chi connectivity index (χ1) is 10.3. The van der Waals surface area contributed by atoms with Crippen molar-refractivity contribution in [3.8, 4) is 0 Å². The highest BCUT2D eigenvalue weighted by Crippen LogP contribution is 2.43. The molecule has 1 aliphatic rings. The Bertz CT molecular complexity index is 561. The van der Waals surface area contributed by atoms with E-state index in [0.717, 1.165) is 13.1 Å². The van der Waals surface area contributed by atoms with Gasteiger partial charge in [0.15, 0.2) is 0 Å². The fourth-order valence-electron chi connectivity index (χ4n) is 2.84. The number of unbranched alkanes of at least 4 members (excludes halogenated alkanes) is 1. The van der Waals surface area contributed by atoms with Crippen LogP contribution in [-0.4, -0.2) is 32.1 Å². The molecule has 21 heavy (non-hydrogen) atoms. The molecule has 2 aromatic rings. The van der Waals surface area contributed by atoms with E-state index in [1.54, 1.807) is 0 Å². The van der Waals surface area contributed by atoms with Gasteiger partial charge in [-0.25, -0.2) is 0 Å². The summed E-state index contributed by atoms with van der Waals surface area (Å²) in [6, 6.07) is 17.1. The van der Waals surface area contributed by atoms with Gasteiger partial charge in [0.05, 0.1) is 22.7 Å². The lowest BCUT2D eigenvalue weighted by Gasteiger charge is -2.34. The molecule has 0 aromatic heterocycles. The topological polar surface area (TPSA) is 18.5 Å². The molecule has 3 rings (SSSR count). The number of nitrogens with zero attached hydrogens (tertiary/aromatic N) is 2. The van der Waals surface area contributed by atoms with Crippen LogP contribution in [0, 0.1) is 0 Å². The molecule has 3 nitrogen and oxygen atoms in total. The summed E-state index contributed by atoms with van der Waals surface area (Å²) in [5, 5.41) is 3.53. The maximum Gasteiger partial charge on any atom is 0.0650 e. The summed E-state index contributed by atoms with van der Waals surface area (Å²) in [6.07, 6.45) is 2.42. The molecule has 0 unspecified atom stereocenters. The molecule has 3 heteroatoms. The molecule has 0 fully saturated rings. The van der Waals surface area contributed by atoms with Gasteiger partial charge in [0, 0.05) is 6.54 Å². The minimum Gasteiger partial charge on any atom is -0.352 e. The largest absolute Gasteiger partial charge is 0.352 e. The molecule has 0 saturated heterocycles. The molecular weight excluding hydrogens is 258 g/mol. The van der Waals surface area contributed by atoms with Crippen LogP contribution in [0.25, 0.3) is 0 Å². The van der Waals surface area contributed by atoms with Gasteiger partial charge in [0.2, 0.25) is 0 Å². The monoisotopic (exact) mass is 281 g/mol. The van der Waals surface area contributed by atoms with Crippen molar-refractivity contribution in [1.82, 2.24) is 4.90 Å². The average molecular weight is 281 g/mol. The van der Waals surface area contributed by atoms with Gasteiger partial charge in [0.25, 0.3) is 0 Å². The first kappa shape index (κ1) is 14.0. The van der Waals surface area contributed by atoms with Crippen molar-refractivity contribution in [2.24, 2.45) is 0 Å². The maximum absolute atomic E-state index is 3.53. The lowest BCUT2D eigenvalue weighted by molar-refractivity contribution is 0.395. The fourth-order valence-corrected chi connectivity index (χ4v) is 2.84. The molecule has 0 bridgehead atoms. The number of para-hydroxylation sites is 4.